The van der Waals surface area contributed by atoms with E-state index in [4.69, 9.17) is 10.5 Å². The average molecular weight is 314 g/mol. The summed E-state index contributed by atoms with van der Waals surface area (Å²) in [5.74, 6) is 0.865. The zero-order chi connectivity index (χ0) is 13.9. The summed E-state index contributed by atoms with van der Waals surface area (Å²) in [5.41, 5.74) is 7.41. The van der Waals surface area contributed by atoms with Gasteiger partial charge in [-0.1, -0.05) is 33.8 Å². The van der Waals surface area contributed by atoms with Crippen LogP contribution < -0.4 is 10.5 Å². The fourth-order valence-electron chi connectivity index (χ4n) is 1.96. The molecule has 0 aliphatic heterocycles. The smallest absolute Gasteiger partial charge is 0.134 e. The number of benzene rings is 1. The molecule has 0 saturated carbocycles. The molecule has 2 unspecified atom stereocenters. The van der Waals surface area contributed by atoms with Gasteiger partial charge in [-0.25, -0.2) is 0 Å². The van der Waals surface area contributed by atoms with Crippen molar-refractivity contribution in [2.45, 2.75) is 53.2 Å². The Morgan fingerprint density at radius 1 is 1.33 bits per heavy atom. The highest BCUT2D eigenvalue weighted by atomic mass is 79.9. The molecule has 1 aromatic carbocycles. The van der Waals surface area contributed by atoms with E-state index < -0.39 is 0 Å². The Balaban J connectivity index is 2.96. The van der Waals surface area contributed by atoms with Gasteiger partial charge in [0.15, 0.2) is 0 Å². The molecule has 0 amide bonds. The Morgan fingerprint density at radius 2 is 1.94 bits per heavy atom. The van der Waals surface area contributed by atoms with Crippen LogP contribution in [0.15, 0.2) is 22.7 Å². The molecule has 0 aliphatic carbocycles. The van der Waals surface area contributed by atoms with Crippen molar-refractivity contribution >= 4 is 15.9 Å². The van der Waals surface area contributed by atoms with Crippen LogP contribution in [-0.2, 0) is 0 Å². The van der Waals surface area contributed by atoms with E-state index in [1.165, 1.54) is 5.56 Å². The molecule has 1 aromatic rings. The molecule has 0 spiro atoms. The van der Waals surface area contributed by atoms with E-state index in [2.05, 4.69) is 62.7 Å². The maximum absolute atomic E-state index is 6.19. The lowest BCUT2D eigenvalue weighted by Crippen LogP contribution is -2.47. The van der Waals surface area contributed by atoms with Crippen molar-refractivity contribution in [3.8, 4) is 5.75 Å². The van der Waals surface area contributed by atoms with Gasteiger partial charge in [0.25, 0.3) is 0 Å². The van der Waals surface area contributed by atoms with Gasteiger partial charge >= 0.3 is 0 Å². The van der Waals surface area contributed by atoms with Crippen LogP contribution in [0.4, 0.5) is 0 Å². The average Bonchev–Trinajstić information content (AvgIpc) is 2.25. The van der Waals surface area contributed by atoms with E-state index >= 15 is 0 Å². The number of ether oxygens (including phenoxy) is 1. The molecule has 0 heterocycles. The van der Waals surface area contributed by atoms with E-state index in [0.29, 0.717) is 0 Å². The minimum Gasteiger partial charge on any atom is -0.487 e. The van der Waals surface area contributed by atoms with Gasteiger partial charge in [-0.2, -0.15) is 0 Å². The van der Waals surface area contributed by atoms with Gasteiger partial charge in [0.2, 0.25) is 0 Å². The van der Waals surface area contributed by atoms with Crippen LogP contribution in [0.25, 0.3) is 0 Å². The number of hydrogen-bond donors (Lipinski definition) is 1. The largest absolute Gasteiger partial charge is 0.487 e. The number of aryl methyl sites for hydroxylation is 1. The highest BCUT2D eigenvalue weighted by Crippen LogP contribution is 2.32. The van der Waals surface area contributed by atoms with Crippen LogP contribution in [0, 0.1) is 12.3 Å². The highest BCUT2D eigenvalue weighted by molar-refractivity contribution is 9.10. The van der Waals surface area contributed by atoms with E-state index in [9.17, 15) is 0 Å². The number of halogens is 1. The minimum atomic E-state index is 0.00139. The molecule has 0 fully saturated rings. The van der Waals surface area contributed by atoms with Crippen LogP contribution in [0.1, 0.15) is 39.7 Å². The lowest BCUT2D eigenvalue weighted by Gasteiger charge is -2.35. The van der Waals surface area contributed by atoms with Crippen molar-refractivity contribution in [2.75, 3.05) is 0 Å². The Morgan fingerprint density at radius 3 is 2.39 bits per heavy atom. The van der Waals surface area contributed by atoms with Crippen LogP contribution in [0.5, 0.6) is 5.75 Å². The van der Waals surface area contributed by atoms with E-state index in [-0.39, 0.29) is 17.6 Å². The molecule has 1 rings (SSSR count). The van der Waals surface area contributed by atoms with Crippen molar-refractivity contribution < 1.29 is 4.74 Å². The van der Waals surface area contributed by atoms with Crippen LogP contribution in [0.3, 0.4) is 0 Å². The zero-order valence-corrected chi connectivity index (χ0v) is 13.5. The molecule has 3 heteroatoms. The molecule has 18 heavy (non-hydrogen) atoms. The summed E-state index contributed by atoms with van der Waals surface area (Å²) in [6.45, 7) is 10.6. The molecule has 102 valence electrons. The first-order chi connectivity index (χ1) is 8.25. The number of hydrogen-bond acceptors (Lipinski definition) is 2. The fraction of sp³-hybridized carbons (Fsp3) is 0.600. The normalized spacial score (nSPS) is 15.3. The summed E-state index contributed by atoms with van der Waals surface area (Å²) in [4.78, 5) is 0. The molecule has 0 saturated heterocycles. The molecule has 0 aromatic heterocycles. The Hall–Kier alpha value is -0.540. The van der Waals surface area contributed by atoms with Crippen molar-refractivity contribution in [1.82, 2.24) is 0 Å². The zero-order valence-electron chi connectivity index (χ0n) is 12.0. The van der Waals surface area contributed by atoms with E-state index in [0.717, 1.165) is 16.6 Å². The van der Waals surface area contributed by atoms with Gasteiger partial charge in [-0.15, -0.1) is 0 Å². The van der Waals surface area contributed by atoms with Crippen LogP contribution in [-0.4, -0.2) is 12.1 Å². The number of nitrogens with two attached hydrogens (primary N) is 1. The van der Waals surface area contributed by atoms with Crippen molar-refractivity contribution in [1.29, 1.82) is 0 Å². The summed E-state index contributed by atoms with van der Waals surface area (Å²) < 4.78 is 7.13. The molecule has 2 nitrogen and oxygen atoms in total. The molecule has 2 N–H and O–H groups in total. The first kappa shape index (κ1) is 15.5. The second-order valence-corrected chi connectivity index (χ2v) is 6.76. The van der Waals surface area contributed by atoms with Gasteiger partial charge in [0.1, 0.15) is 11.9 Å². The van der Waals surface area contributed by atoms with Crippen molar-refractivity contribution in [3.05, 3.63) is 28.2 Å². The SMILES string of the molecule is CCC(N)C(Oc1ccc(C)cc1Br)C(C)(C)C. The standard InChI is InChI=1S/C15H24BrNO/c1-6-12(17)14(15(3,4)5)18-13-8-7-10(2)9-11(13)16/h7-9,12,14H,6,17H2,1-5H3. The maximum atomic E-state index is 6.19. The predicted molar refractivity (Wildman–Crippen MR) is 81.0 cm³/mol. The Kier molecular flexibility index (Phi) is 5.23. The predicted octanol–water partition coefficient (Wildman–Crippen LogP) is 4.29. The van der Waals surface area contributed by atoms with Crippen LogP contribution in [0.2, 0.25) is 0 Å². The summed E-state index contributed by atoms with van der Waals surface area (Å²) in [6.07, 6.45) is 0.910. The number of rotatable bonds is 4. The first-order valence-corrected chi connectivity index (χ1v) is 7.23. The van der Waals surface area contributed by atoms with Gasteiger partial charge in [0, 0.05) is 11.5 Å². The first-order valence-electron chi connectivity index (χ1n) is 6.44. The summed E-state index contributed by atoms with van der Waals surface area (Å²) in [6, 6.07) is 6.16. The van der Waals surface area contributed by atoms with Gasteiger partial charge in [-0.05, 0) is 47.0 Å². The summed E-state index contributed by atoms with van der Waals surface area (Å²) >= 11 is 3.55. The lowest BCUT2D eigenvalue weighted by atomic mass is 9.84. The second kappa shape index (κ2) is 6.07. The van der Waals surface area contributed by atoms with Gasteiger partial charge in [0.05, 0.1) is 4.47 Å². The second-order valence-electron chi connectivity index (χ2n) is 5.91. The third kappa shape index (κ3) is 3.99. The Bertz CT molecular complexity index is 398. The monoisotopic (exact) mass is 313 g/mol. The summed E-state index contributed by atoms with van der Waals surface area (Å²) in [5, 5.41) is 0. The van der Waals surface area contributed by atoms with Crippen LogP contribution >= 0.6 is 15.9 Å². The van der Waals surface area contributed by atoms with Crippen molar-refractivity contribution in [2.24, 2.45) is 11.1 Å². The summed E-state index contributed by atoms with van der Waals surface area (Å²) in [7, 11) is 0. The lowest BCUT2D eigenvalue weighted by molar-refractivity contribution is 0.0615. The van der Waals surface area contributed by atoms with E-state index in [1.54, 1.807) is 0 Å². The molecule has 0 aliphatic rings. The Labute approximate surface area is 119 Å². The highest BCUT2D eigenvalue weighted by Gasteiger charge is 2.31. The quantitative estimate of drug-likeness (QED) is 0.900. The minimum absolute atomic E-state index is 0.00139. The van der Waals surface area contributed by atoms with Crippen molar-refractivity contribution in [3.63, 3.8) is 0 Å². The molecule has 0 bridgehead atoms. The molecular weight excluding hydrogens is 290 g/mol. The van der Waals surface area contributed by atoms with Gasteiger partial charge < -0.3 is 10.5 Å². The third-order valence-electron chi connectivity index (χ3n) is 3.06. The molecule has 2 atom stereocenters. The molecule has 0 radical (unpaired) electrons. The maximum Gasteiger partial charge on any atom is 0.134 e. The molecular formula is C15H24BrNO. The fourth-order valence-corrected chi connectivity index (χ4v) is 2.55. The van der Waals surface area contributed by atoms with E-state index in [1.807, 2.05) is 6.07 Å². The third-order valence-corrected chi connectivity index (χ3v) is 3.67. The topological polar surface area (TPSA) is 35.2 Å². The van der Waals surface area contributed by atoms with Gasteiger partial charge in [-0.3, -0.25) is 0 Å².